The maximum atomic E-state index is 10.5. The highest BCUT2D eigenvalue weighted by Crippen LogP contribution is 2.34. The molecule has 0 aliphatic rings. The van der Waals surface area contributed by atoms with Crippen LogP contribution in [0.5, 0.6) is 0 Å². The van der Waals surface area contributed by atoms with Gasteiger partial charge in [0.25, 0.3) is 0 Å². The first kappa shape index (κ1) is 15.4. The van der Waals surface area contributed by atoms with Crippen molar-refractivity contribution in [3.05, 3.63) is 69.2 Å². The Kier molecular flexibility index (Phi) is 5.09. The van der Waals surface area contributed by atoms with E-state index in [0.717, 1.165) is 12.0 Å². The maximum absolute atomic E-state index is 10.5. The van der Waals surface area contributed by atoms with Gasteiger partial charge in [-0.2, -0.15) is 0 Å². The van der Waals surface area contributed by atoms with Crippen molar-refractivity contribution < 1.29 is 5.11 Å². The van der Waals surface area contributed by atoms with E-state index in [4.69, 9.17) is 23.2 Å². The minimum absolute atomic E-state index is 0.485. The van der Waals surface area contributed by atoms with Crippen LogP contribution in [-0.2, 0) is 6.42 Å². The summed E-state index contributed by atoms with van der Waals surface area (Å²) in [6.45, 7) is 4.35. The van der Waals surface area contributed by atoms with Gasteiger partial charge in [0.2, 0.25) is 0 Å². The first-order valence-corrected chi connectivity index (χ1v) is 7.45. The Balaban J connectivity index is 2.36. The van der Waals surface area contributed by atoms with E-state index >= 15 is 0 Å². The van der Waals surface area contributed by atoms with Crippen LogP contribution in [0.15, 0.2) is 42.5 Å². The Morgan fingerprint density at radius 1 is 1.00 bits per heavy atom. The molecule has 0 saturated carbocycles. The largest absolute Gasteiger partial charge is 0.384 e. The zero-order chi connectivity index (χ0) is 14.7. The molecule has 0 aliphatic carbocycles. The van der Waals surface area contributed by atoms with E-state index in [2.05, 4.69) is 19.9 Å². The van der Waals surface area contributed by atoms with Crippen LogP contribution in [-0.4, -0.2) is 5.11 Å². The molecule has 0 fully saturated rings. The average Bonchev–Trinajstić information content (AvgIpc) is 2.38. The van der Waals surface area contributed by atoms with E-state index in [0.29, 0.717) is 21.5 Å². The molecule has 0 bridgehead atoms. The fraction of sp³-hybridized carbons (Fsp3) is 0.294. The van der Waals surface area contributed by atoms with Gasteiger partial charge in [0.1, 0.15) is 6.10 Å². The Hall–Kier alpha value is -1.02. The predicted octanol–water partition coefficient (Wildman–Crippen LogP) is 5.27. The number of aliphatic hydroxyl groups excluding tert-OH is 1. The summed E-state index contributed by atoms with van der Waals surface area (Å²) in [4.78, 5) is 0. The second-order valence-electron chi connectivity index (χ2n) is 5.38. The monoisotopic (exact) mass is 308 g/mol. The lowest BCUT2D eigenvalue weighted by Gasteiger charge is -2.16. The number of hydrogen-bond acceptors (Lipinski definition) is 1. The molecule has 2 aromatic rings. The molecule has 0 radical (unpaired) electrons. The van der Waals surface area contributed by atoms with E-state index in [9.17, 15) is 5.11 Å². The molecule has 106 valence electrons. The summed E-state index contributed by atoms with van der Waals surface area (Å²) in [6, 6.07) is 13.2. The van der Waals surface area contributed by atoms with Crippen LogP contribution < -0.4 is 0 Å². The summed E-state index contributed by atoms with van der Waals surface area (Å²) < 4.78 is 0. The van der Waals surface area contributed by atoms with E-state index in [-0.39, 0.29) is 0 Å². The van der Waals surface area contributed by atoms with Crippen LogP contribution >= 0.6 is 23.2 Å². The van der Waals surface area contributed by atoms with Crippen LogP contribution in [0.4, 0.5) is 0 Å². The third kappa shape index (κ3) is 3.54. The average molecular weight is 309 g/mol. The SMILES string of the molecule is CC(C)Cc1cccc(C(O)c2c(Cl)cccc2Cl)c1. The topological polar surface area (TPSA) is 20.2 Å². The van der Waals surface area contributed by atoms with Gasteiger partial charge >= 0.3 is 0 Å². The molecular weight excluding hydrogens is 291 g/mol. The summed E-state index contributed by atoms with van der Waals surface area (Å²) in [7, 11) is 0. The van der Waals surface area contributed by atoms with E-state index < -0.39 is 6.10 Å². The Morgan fingerprint density at radius 2 is 1.60 bits per heavy atom. The van der Waals surface area contributed by atoms with Crippen molar-refractivity contribution in [2.24, 2.45) is 5.92 Å². The van der Waals surface area contributed by atoms with Crippen molar-refractivity contribution in [1.29, 1.82) is 0 Å². The summed E-state index contributed by atoms with van der Waals surface area (Å²) in [5.41, 5.74) is 2.59. The highest BCUT2D eigenvalue weighted by Gasteiger charge is 2.17. The molecule has 1 atom stereocenters. The highest BCUT2D eigenvalue weighted by molar-refractivity contribution is 6.36. The molecule has 0 saturated heterocycles. The third-order valence-electron chi connectivity index (χ3n) is 3.18. The van der Waals surface area contributed by atoms with Crippen LogP contribution in [0.3, 0.4) is 0 Å². The number of halogens is 2. The summed E-state index contributed by atoms with van der Waals surface area (Å²) in [6.07, 6.45) is 0.180. The molecular formula is C17H18Cl2O. The maximum Gasteiger partial charge on any atom is 0.107 e. The quantitative estimate of drug-likeness (QED) is 0.815. The van der Waals surface area contributed by atoms with Gasteiger partial charge in [-0.15, -0.1) is 0 Å². The van der Waals surface area contributed by atoms with Gasteiger partial charge in [-0.05, 0) is 35.6 Å². The Morgan fingerprint density at radius 3 is 2.20 bits per heavy atom. The molecule has 2 rings (SSSR count). The smallest absolute Gasteiger partial charge is 0.107 e. The van der Waals surface area contributed by atoms with Crippen LogP contribution in [0, 0.1) is 5.92 Å². The lowest BCUT2D eigenvalue weighted by atomic mass is 9.96. The zero-order valence-electron chi connectivity index (χ0n) is 11.6. The van der Waals surface area contributed by atoms with Gasteiger partial charge in [-0.3, -0.25) is 0 Å². The first-order chi connectivity index (χ1) is 9.49. The number of hydrogen-bond donors (Lipinski definition) is 1. The molecule has 1 unspecified atom stereocenters. The summed E-state index contributed by atoms with van der Waals surface area (Å²) >= 11 is 12.3. The highest BCUT2D eigenvalue weighted by atomic mass is 35.5. The van der Waals surface area contributed by atoms with E-state index in [1.54, 1.807) is 18.2 Å². The predicted molar refractivity (Wildman–Crippen MR) is 85.5 cm³/mol. The third-order valence-corrected chi connectivity index (χ3v) is 3.84. The van der Waals surface area contributed by atoms with Gasteiger partial charge in [0, 0.05) is 15.6 Å². The molecule has 1 nitrogen and oxygen atoms in total. The van der Waals surface area contributed by atoms with Crippen LogP contribution in [0.2, 0.25) is 10.0 Å². The summed E-state index contributed by atoms with van der Waals surface area (Å²) in [5.74, 6) is 0.575. The van der Waals surface area contributed by atoms with Crippen molar-refractivity contribution in [3.8, 4) is 0 Å². The molecule has 0 heterocycles. The molecule has 2 aromatic carbocycles. The minimum atomic E-state index is -0.802. The second-order valence-corrected chi connectivity index (χ2v) is 6.20. The van der Waals surface area contributed by atoms with Crippen molar-refractivity contribution in [1.82, 2.24) is 0 Å². The lowest BCUT2D eigenvalue weighted by molar-refractivity contribution is 0.220. The molecule has 1 N–H and O–H groups in total. The fourth-order valence-corrected chi connectivity index (χ4v) is 2.90. The van der Waals surface area contributed by atoms with Crippen molar-refractivity contribution in [2.45, 2.75) is 26.4 Å². The van der Waals surface area contributed by atoms with Gasteiger partial charge in [0.15, 0.2) is 0 Å². The standard InChI is InChI=1S/C17H18Cl2O/c1-11(2)9-12-5-3-6-13(10-12)17(20)16-14(18)7-4-8-15(16)19/h3-8,10-11,17,20H,9H2,1-2H3. The van der Waals surface area contributed by atoms with Crippen LogP contribution in [0.25, 0.3) is 0 Å². The van der Waals surface area contributed by atoms with E-state index in [1.807, 2.05) is 18.2 Å². The van der Waals surface area contributed by atoms with Gasteiger partial charge in [0.05, 0.1) is 0 Å². The minimum Gasteiger partial charge on any atom is -0.384 e. The fourth-order valence-electron chi connectivity index (χ4n) is 2.30. The molecule has 0 aliphatic heterocycles. The van der Waals surface area contributed by atoms with Crippen molar-refractivity contribution in [3.63, 3.8) is 0 Å². The zero-order valence-corrected chi connectivity index (χ0v) is 13.1. The molecule has 3 heteroatoms. The lowest BCUT2D eigenvalue weighted by Crippen LogP contribution is -2.03. The van der Waals surface area contributed by atoms with Gasteiger partial charge in [-0.25, -0.2) is 0 Å². The first-order valence-electron chi connectivity index (χ1n) is 6.70. The molecule has 0 amide bonds. The van der Waals surface area contributed by atoms with Crippen molar-refractivity contribution in [2.75, 3.05) is 0 Å². The van der Waals surface area contributed by atoms with E-state index in [1.165, 1.54) is 5.56 Å². The van der Waals surface area contributed by atoms with Crippen molar-refractivity contribution >= 4 is 23.2 Å². The normalized spacial score (nSPS) is 12.7. The second kappa shape index (κ2) is 6.62. The number of aliphatic hydroxyl groups is 1. The Labute approximate surface area is 130 Å². The van der Waals surface area contributed by atoms with Crippen LogP contribution in [0.1, 0.15) is 36.6 Å². The molecule has 0 aromatic heterocycles. The van der Waals surface area contributed by atoms with Gasteiger partial charge < -0.3 is 5.11 Å². The Bertz CT molecular complexity index is 573. The molecule has 20 heavy (non-hydrogen) atoms. The number of benzene rings is 2. The summed E-state index contributed by atoms with van der Waals surface area (Å²) in [5, 5.41) is 11.5. The number of rotatable bonds is 4. The molecule has 0 spiro atoms. The van der Waals surface area contributed by atoms with Gasteiger partial charge in [-0.1, -0.05) is 67.4 Å².